The van der Waals surface area contributed by atoms with Crippen molar-refractivity contribution in [3.63, 3.8) is 0 Å². The normalized spacial score (nSPS) is 14.5. The summed E-state index contributed by atoms with van der Waals surface area (Å²) in [5.41, 5.74) is 1.69. The van der Waals surface area contributed by atoms with Crippen LogP contribution in [0.25, 0.3) is 0 Å². The lowest BCUT2D eigenvalue weighted by Crippen LogP contribution is -2.28. The molecular formula is C17H19N3O3. The third kappa shape index (κ3) is 3.11. The zero-order valence-electron chi connectivity index (χ0n) is 13.1. The van der Waals surface area contributed by atoms with E-state index in [0.29, 0.717) is 22.9 Å². The Hall–Kier alpha value is -2.63. The fraction of sp³-hybridized carbons (Fsp3) is 0.353. The van der Waals surface area contributed by atoms with Gasteiger partial charge in [-0.1, -0.05) is 12.1 Å². The van der Waals surface area contributed by atoms with E-state index in [1.165, 1.54) is 0 Å². The molecule has 1 aliphatic rings. The molecule has 1 fully saturated rings. The number of carbonyl (C=O) groups is 2. The molecule has 1 aliphatic carbocycles. The highest BCUT2D eigenvalue weighted by molar-refractivity contribution is 6.03. The highest BCUT2D eigenvalue weighted by Gasteiger charge is 2.29. The first kappa shape index (κ1) is 15.3. The fourth-order valence-corrected chi connectivity index (χ4v) is 2.35. The SMILES string of the molecule is CC(C)(C(=O)O)c1ccc(NC(=O)c2cc(C3CC3)[nH]n2)cc1. The molecule has 0 aliphatic heterocycles. The largest absolute Gasteiger partial charge is 0.481 e. The van der Waals surface area contributed by atoms with Crippen molar-refractivity contribution in [3.05, 3.63) is 47.3 Å². The van der Waals surface area contributed by atoms with Crippen LogP contribution in [0.2, 0.25) is 0 Å². The summed E-state index contributed by atoms with van der Waals surface area (Å²) in [5, 5.41) is 18.9. The molecule has 0 unspecified atom stereocenters. The van der Waals surface area contributed by atoms with Crippen LogP contribution < -0.4 is 5.32 Å². The number of nitrogens with one attached hydrogen (secondary N) is 2. The average Bonchev–Trinajstić information content (AvgIpc) is 3.24. The number of benzene rings is 1. The first-order valence-corrected chi connectivity index (χ1v) is 7.58. The molecule has 1 amide bonds. The lowest BCUT2D eigenvalue weighted by molar-refractivity contribution is -0.142. The number of carbonyl (C=O) groups excluding carboxylic acids is 1. The van der Waals surface area contributed by atoms with E-state index in [-0.39, 0.29) is 5.91 Å². The van der Waals surface area contributed by atoms with Gasteiger partial charge >= 0.3 is 5.97 Å². The van der Waals surface area contributed by atoms with Gasteiger partial charge in [0.25, 0.3) is 5.91 Å². The van der Waals surface area contributed by atoms with Gasteiger partial charge in [0.05, 0.1) is 5.41 Å². The molecule has 0 atom stereocenters. The molecule has 1 saturated carbocycles. The summed E-state index contributed by atoms with van der Waals surface area (Å²) < 4.78 is 0. The van der Waals surface area contributed by atoms with Crippen LogP contribution in [0, 0.1) is 0 Å². The maximum Gasteiger partial charge on any atom is 0.313 e. The van der Waals surface area contributed by atoms with Gasteiger partial charge in [-0.25, -0.2) is 0 Å². The third-order valence-corrected chi connectivity index (χ3v) is 4.25. The van der Waals surface area contributed by atoms with Crippen molar-refractivity contribution < 1.29 is 14.7 Å². The minimum Gasteiger partial charge on any atom is -0.481 e. The predicted molar refractivity (Wildman–Crippen MR) is 85.6 cm³/mol. The summed E-state index contributed by atoms with van der Waals surface area (Å²) in [7, 11) is 0. The van der Waals surface area contributed by atoms with Crippen LogP contribution in [-0.2, 0) is 10.2 Å². The van der Waals surface area contributed by atoms with Crippen molar-refractivity contribution >= 4 is 17.6 Å². The molecule has 6 heteroatoms. The number of H-pyrrole nitrogens is 1. The van der Waals surface area contributed by atoms with E-state index in [2.05, 4.69) is 15.5 Å². The van der Waals surface area contributed by atoms with Gasteiger partial charge in [-0.2, -0.15) is 5.10 Å². The van der Waals surface area contributed by atoms with Gasteiger partial charge in [0, 0.05) is 17.3 Å². The number of carboxylic acids is 1. The lowest BCUT2D eigenvalue weighted by atomic mass is 9.85. The van der Waals surface area contributed by atoms with Crippen LogP contribution in [0.1, 0.15) is 54.4 Å². The Morgan fingerprint density at radius 1 is 1.26 bits per heavy atom. The summed E-state index contributed by atoms with van der Waals surface area (Å²) in [6.45, 7) is 3.29. The van der Waals surface area contributed by atoms with Crippen molar-refractivity contribution in [2.75, 3.05) is 5.32 Å². The van der Waals surface area contributed by atoms with E-state index in [1.807, 2.05) is 0 Å². The number of hydrogen-bond donors (Lipinski definition) is 3. The Morgan fingerprint density at radius 2 is 1.91 bits per heavy atom. The number of rotatable bonds is 5. The Kier molecular flexibility index (Phi) is 3.67. The zero-order chi connectivity index (χ0) is 16.6. The predicted octanol–water partition coefficient (Wildman–Crippen LogP) is 2.90. The first-order valence-electron chi connectivity index (χ1n) is 7.58. The maximum absolute atomic E-state index is 12.2. The minimum atomic E-state index is -0.968. The van der Waals surface area contributed by atoms with Crippen molar-refractivity contribution in [3.8, 4) is 0 Å². The molecule has 1 aromatic heterocycles. The number of hydrogen-bond acceptors (Lipinski definition) is 3. The first-order chi connectivity index (χ1) is 10.9. The number of aromatic amines is 1. The van der Waals surface area contributed by atoms with Crippen LogP contribution in [-0.4, -0.2) is 27.2 Å². The minimum absolute atomic E-state index is 0.279. The highest BCUT2D eigenvalue weighted by atomic mass is 16.4. The number of aliphatic carboxylic acids is 1. The highest BCUT2D eigenvalue weighted by Crippen LogP contribution is 2.39. The van der Waals surface area contributed by atoms with Crippen molar-refractivity contribution in [2.45, 2.75) is 38.0 Å². The molecule has 3 N–H and O–H groups in total. The van der Waals surface area contributed by atoms with E-state index in [9.17, 15) is 14.7 Å². The monoisotopic (exact) mass is 313 g/mol. The Morgan fingerprint density at radius 3 is 2.48 bits per heavy atom. The van der Waals surface area contributed by atoms with E-state index in [0.717, 1.165) is 18.5 Å². The summed E-state index contributed by atoms with van der Waals surface area (Å²) in [5.74, 6) is -0.654. The summed E-state index contributed by atoms with van der Waals surface area (Å²) in [4.78, 5) is 23.4. The number of anilines is 1. The van der Waals surface area contributed by atoms with Crippen molar-refractivity contribution in [2.24, 2.45) is 0 Å². The molecule has 3 rings (SSSR count). The van der Waals surface area contributed by atoms with Crippen molar-refractivity contribution in [1.82, 2.24) is 10.2 Å². The van der Waals surface area contributed by atoms with Gasteiger partial charge in [0.2, 0.25) is 0 Å². The van der Waals surface area contributed by atoms with E-state index < -0.39 is 11.4 Å². The Bertz CT molecular complexity index is 743. The van der Waals surface area contributed by atoms with Crippen molar-refractivity contribution in [1.29, 1.82) is 0 Å². The standard InChI is InChI=1S/C17H19N3O3/c1-17(2,16(22)23)11-5-7-12(8-6-11)18-15(21)14-9-13(19-20-14)10-3-4-10/h5-10H,3-4H2,1-2H3,(H,18,21)(H,19,20)(H,22,23). The second-order valence-corrected chi connectivity index (χ2v) is 6.44. The molecule has 1 heterocycles. The summed E-state index contributed by atoms with van der Waals surface area (Å²) in [6.07, 6.45) is 2.29. The Balaban J connectivity index is 1.70. The molecule has 0 spiro atoms. The van der Waals surface area contributed by atoms with Crippen LogP contribution in [0.5, 0.6) is 0 Å². The van der Waals surface area contributed by atoms with E-state index in [4.69, 9.17) is 0 Å². The number of nitrogens with zero attached hydrogens (tertiary/aromatic N) is 1. The van der Waals surface area contributed by atoms with Gasteiger partial charge < -0.3 is 10.4 Å². The molecular weight excluding hydrogens is 294 g/mol. The Labute approximate surface area is 133 Å². The smallest absolute Gasteiger partial charge is 0.313 e. The molecule has 6 nitrogen and oxygen atoms in total. The molecule has 120 valence electrons. The number of aromatic nitrogens is 2. The molecule has 0 bridgehead atoms. The third-order valence-electron chi connectivity index (χ3n) is 4.25. The molecule has 23 heavy (non-hydrogen) atoms. The molecule has 0 saturated heterocycles. The van der Waals surface area contributed by atoms with Crippen LogP contribution in [0.4, 0.5) is 5.69 Å². The van der Waals surface area contributed by atoms with Crippen LogP contribution in [0.15, 0.2) is 30.3 Å². The summed E-state index contributed by atoms with van der Waals surface area (Å²) >= 11 is 0. The van der Waals surface area contributed by atoms with Crippen LogP contribution in [0.3, 0.4) is 0 Å². The fourth-order valence-electron chi connectivity index (χ4n) is 2.35. The zero-order valence-corrected chi connectivity index (χ0v) is 13.1. The quantitative estimate of drug-likeness (QED) is 0.791. The number of amides is 1. The van der Waals surface area contributed by atoms with Gasteiger partial charge in [0.15, 0.2) is 5.69 Å². The van der Waals surface area contributed by atoms with Gasteiger partial charge in [-0.15, -0.1) is 0 Å². The second-order valence-electron chi connectivity index (χ2n) is 6.44. The molecule has 0 radical (unpaired) electrons. The van der Waals surface area contributed by atoms with E-state index in [1.54, 1.807) is 44.2 Å². The second kappa shape index (κ2) is 5.53. The topological polar surface area (TPSA) is 95.1 Å². The van der Waals surface area contributed by atoms with Gasteiger partial charge in [-0.3, -0.25) is 14.7 Å². The molecule has 1 aromatic carbocycles. The number of carboxylic acid groups (broad SMARTS) is 1. The lowest BCUT2D eigenvalue weighted by Gasteiger charge is -2.19. The van der Waals surface area contributed by atoms with Gasteiger partial charge in [0.1, 0.15) is 0 Å². The molecule has 2 aromatic rings. The maximum atomic E-state index is 12.2. The van der Waals surface area contributed by atoms with Crippen LogP contribution >= 0.6 is 0 Å². The van der Waals surface area contributed by atoms with E-state index >= 15 is 0 Å². The average molecular weight is 313 g/mol. The van der Waals surface area contributed by atoms with Gasteiger partial charge in [-0.05, 0) is 50.5 Å². The summed E-state index contributed by atoms with van der Waals surface area (Å²) in [6, 6.07) is 8.61.